The first-order valence-corrected chi connectivity index (χ1v) is 6.95. The number of H-pyrrole nitrogens is 1. The van der Waals surface area contributed by atoms with Gasteiger partial charge in [0.25, 0.3) is 5.91 Å². The number of halogens is 1. The molecule has 0 unspecified atom stereocenters. The standard InChI is InChI=1S/C13H14IN5O/c1-19(2)10-5-3-9(4-6-10)7-15-18-13(20)12-11(14)8-16-17-12/h3-8H,1-2H3,(H,16,17)(H,18,20). The fraction of sp³-hybridized carbons (Fsp3) is 0.154. The Morgan fingerprint density at radius 2 is 2.10 bits per heavy atom. The third kappa shape index (κ3) is 3.56. The number of carbonyl (C=O) groups is 1. The Morgan fingerprint density at radius 3 is 2.65 bits per heavy atom. The second-order valence-electron chi connectivity index (χ2n) is 4.28. The third-order valence-corrected chi connectivity index (χ3v) is 3.43. The number of nitrogens with one attached hydrogen (secondary N) is 2. The summed E-state index contributed by atoms with van der Waals surface area (Å²) in [7, 11) is 3.96. The van der Waals surface area contributed by atoms with E-state index in [2.05, 4.69) is 20.7 Å². The molecule has 20 heavy (non-hydrogen) atoms. The smallest absolute Gasteiger partial charge is 0.290 e. The molecule has 104 valence electrons. The van der Waals surface area contributed by atoms with Crippen LogP contribution in [0.5, 0.6) is 0 Å². The van der Waals surface area contributed by atoms with Crippen molar-refractivity contribution in [2.24, 2.45) is 5.10 Å². The molecule has 6 nitrogen and oxygen atoms in total. The first kappa shape index (κ1) is 14.5. The number of aromatic amines is 1. The van der Waals surface area contributed by atoms with E-state index in [1.807, 2.05) is 65.9 Å². The van der Waals surface area contributed by atoms with E-state index in [-0.39, 0.29) is 5.91 Å². The molecule has 2 aromatic rings. The first-order chi connectivity index (χ1) is 9.58. The van der Waals surface area contributed by atoms with Gasteiger partial charge in [0, 0.05) is 19.8 Å². The maximum atomic E-state index is 11.8. The molecule has 2 N–H and O–H groups in total. The first-order valence-electron chi connectivity index (χ1n) is 5.87. The molecule has 0 saturated carbocycles. The molecule has 7 heteroatoms. The fourth-order valence-corrected chi connectivity index (χ4v) is 2.02. The Hall–Kier alpha value is -1.90. The SMILES string of the molecule is CN(C)c1ccc(C=NNC(=O)c2[nH]ncc2I)cc1. The molecule has 1 amide bonds. The highest BCUT2D eigenvalue weighted by molar-refractivity contribution is 14.1. The van der Waals surface area contributed by atoms with E-state index in [0.29, 0.717) is 5.69 Å². The Labute approximate surface area is 130 Å². The summed E-state index contributed by atoms with van der Waals surface area (Å²) in [6.45, 7) is 0. The normalized spacial score (nSPS) is 10.8. The number of rotatable bonds is 4. The van der Waals surface area contributed by atoms with Gasteiger partial charge < -0.3 is 4.90 Å². The predicted molar refractivity (Wildman–Crippen MR) is 87.1 cm³/mol. The quantitative estimate of drug-likeness (QED) is 0.481. The van der Waals surface area contributed by atoms with Crippen LogP contribution in [0.25, 0.3) is 0 Å². The molecule has 0 saturated heterocycles. The van der Waals surface area contributed by atoms with Gasteiger partial charge in [-0.15, -0.1) is 0 Å². The van der Waals surface area contributed by atoms with Crippen LogP contribution < -0.4 is 10.3 Å². The molecule has 0 aliphatic carbocycles. The minimum absolute atomic E-state index is 0.312. The number of hydrogen-bond donors (Lipinski definition) is 2. The molecule has 1 aromatic carbocycles. The van der Waals surface area contributed by atoms with Gasteiger partial charge in [-0.3, -0.25) is 9.89 Å². The molecule has 1 heterocycles. The molecule has 0 bridgehead atoms. The number of anilines is 1. The summed E-state index contributed by atoms with van der Waals surface area (Å²) < 4.78 is 0.755. The van der Waals surface area contributed by atoms with Gasteiger partial charge in [-0.2, -0.15) is 10.2 Å². The highest BCUT2D eigenvalue weighted by atomic mass is 127. The lowest BCUT2D eigenvalue weighted by atomic mass is 10.2. The number of aromatic nitrogens is 2. The summed E-state index contributed by atoms with van der Waals surface area (Å²) in [5, 5.41) is 10.3. The maximum absolute atomic E-state index is 11.8. The van der Waals surface area contributed by atoms with E-state index in [9.17, 15) is 4.79 Å². The minimum Gasteiger partial charge on any atom is -0.378 e. The number of hydrazone groups is 1. The summed E-state index contributed by atoms with van der Waals surface area (Å²) in [5.74, 6) is -0.312. The van der Waals surface area contributed by atoms with Gasteiger partial charge in [0.1, 0.15) is 5.69 Å². The van der Waals surface area contributed by atoms with Gasteiger partial charge in [0.2, 0.25) is 0 Å². The van der Waals surface area contributed by atoms with Crippen LogP contribution in [0, 0.1) is 3.57 Å². The van der Waals surface area contributed by atoms with E-state index < -0.39 is 0 Å². The van der Waals surface area contributed by atoms with Crippen molar-refractivity contribution in [3.05, 3.63) is 45.3 Å². The van der Waals surface area contributed by atoms with Crippen molar-refractivity contribution in [2.75, 3.05) is 19.0 Å². The van der Waals surface area contributed by atoms with Crippen molar-refractivity contribution in [3.8, 4) is 0 Å². The van der Waals surface area contributed by atoms with Gasteiger partial charge in [-0.1, -0.05) is 12.1 Å². The Balaban J connectivity index is 1.96. The molecule has 0 aliphatic rings. The molecular weight excluding hydrogens is 369 g/mol. The highest BCUT2D eigenvalue weighted by Gasteiger charge is 2.10. The monoisotopic (exact) mass is 383 g/mol. The van der Waals surface area contributed by atoms with Crippen LogP contribution in [-0.2, 0) is 0 Å². The van der Waals surface area contributed by atoms with Gasteiger partial charge in [-0.25, -0.2) is 5.43 Å². The molecule has 0 radical (unpaired) electrons. The highest BCUT2D eigenvalue weighted by Crippen LogP contribution is 2.11. The molecule has 0 spiro atoms. The summed E-state index contributed by atoms with van der Waals surface area (Å²) in [5.41, 5.74) is 4.89. The molecule has 0 aliphatic heterocycles. The van der Waals surface area contributed by atoms with Crippen molar-refractivity contribution in [2.45, 2.75) is 0 Å². The van der Waals surface area contributed by atoms with Crippen LogP contribution in [-0.4, -0.2) is 36.4 Å². The molecule has 0 atom stereocenters. The van der Waals surface area contributed by atoms with E-state index in [1.165, 1.54) is 0 Å². The minimum atomic E-state index is -0.312. The summed E-state index contributed by atoms with van der Waals surface area (Å²) in [6.07, 6.45) is 3.18. The van der Waals surface area contributed by atoms with Gasteiger partial charge in [0.05, 0.1) is 16.0 Å². The second-order valence-corrected chi connectivity index (χ2v) is 5.44. The van der Waals surface area contributed by atoms with Crippen LogP contribution >= 0.6 is 22.6 Å². The van der Waals surface area contributed by atoms with Crippen molar-refractivity contribution >= 4 is 40.4 Å². The number of benzene rings is 1. The van der Waals surface area contributed by atoms with E-state index in [0.717, 1.165) is 14.8 Å². The predicted octanol–water partition coefficient (Wildman–Crippen LogP) is 1.84. The zero-order valence-corrected chi connectivity index (χ0v) is 13.2. The Morgan fingerprint density at radius 1 is 1.40 bits per heavy atom. The number of hydrogen-bond acceptors (Lipinski definition) is 4. The van der Waals surface area contributed by atoms with Crippen LogP contribution in [0.4, 0.5) is 5.69 Å². The van der Waals surface area contributed by atoms with Crippen molar-refractivity contribution in [1.29, 1.82) is 0 Å². The number of amides is 1. The van der Waals surface area contributed by atoms with E-state index in [4.69, 9.17) is 0 Å². The molecule has 0 fully saturated rings. The average Bonchev–Trinajstić information content (AvgIpc) is 2.85. The third-order valence-electron chi connectivity index (χ3n) is 2.61. The van der Waals surface area contributed by atoms with Crippen molar-refractivity contribution in [3.63, 3.8) is 0 Å². The van der Waals surface area contributed by atoms with Crippen LogP contribution in [0.15, 0.2) is 35.6 Å². The second kappa shape index (κ2) is 6.51. The van der Waals surface area contributed by atoms with Gasteiger partial charge in [0.15, 0.2) is 0 Å². The van der Waals surface area contributed by atoms with Gasteiger partial charge in [-0.05, 0) is 40.3 Å². The maximum Gasteiger partial charge on any atom is 0.290 e. The zero-order valence-electron chi connectivity index (χ0n) is 11.1. The number of nitrogens with zero attached hydrogens (tertiary/aromatic N) is 3. The molecular formula is C13H14IN5O. The summed E-state index contributed by atoms with van der Waals surface area (Å²) in [6, 6.07) is 7.85. The lowest BCUT2D eigenvalue weighted by Crippen LogP contribution is -2.19. The Kier molecular flexibility index (Phi) is 4.72. The van der Waals surface area contributed by atoms with Crippen molar-refractivity contribution < 1.29 is 4.79 Å². The lowest BCUT2D eigenvalue weighted by molar-refractivity contribution is 0.0949. The van der Waals surface area contributed by atoms with E-state index >= 15 is 0 Å². The molecule has 1 aromatic heterocycles. The largest absolute Gasteiger partial charge is 0.378 e. The summed E-state index contributed by atoms with van der Waals surface area (Å²) in [4.78, 5) is 13.8. The Bertz CT molecular complexity index is 618. The van der Waals surface area contributed by atoms with E-state index in [1.54, 1.807) is 12.4 Å². The zero-order chi connectivity index (χ0) is 14.5. The fourth-order valence-electron chi connectivity index (χ4n) is 1.51. The lowest BCUT2D eigenvalue weighted by Gasteiger charge is -2.11. The van der Waals surface area contributed by atoms with Crippen LogP contribution in [0.3, 0.4) is 0 Å². The van der Waals surface area contributed by atoms with Crippen LogP contribution in [0.1, 0.15) is 16.1 Å². The van der Waals surface area contributed by atoms with Gasteiger partial charge >= 0.3 is 0 Å². The van der Waals surface area contributed by atoms with Crippen molar-refractivity contribution in [1.82, 2.24) is 15.6 Å². The topological polar surface area (TPSA) is 73.4 Å². The van der Waals surface area contributed by atoms with Crippen LogP contribution in [0.2, 0.25) is 0 Å². The average molecular weight is 383 g/mol. The number of carbonyl (C=O) groups excluding carboxylic acids is 1. The molecule has 2 rings (SSSR count). The summed E-state index contributed by atoms with van der Waals surface area (Å²) >= 11 is 2.03.